The zero-order chi connectivity index (χ0) is 21.0. The molecule has 0 saturated heterocycles. The van der Waals surface area contributed by atoms with Crippen molar-refractivity contribution in [3.8, 4) is 0 Å². The van der Waals surface area contributed by atoms with Gasteiger partial charge in [-0.3, -0.25) is 0 Å². The summed E-state index contributed by atoms with van der Waals surface area (Å²) >= 11 is 0. The van der Waals surface area contributed by atoms with Crippen molar-refractivity contribution in [2.45, 2.75) is 46.2 Å². The van der Waals surface area contributed by atoms with Crippen LogP contribution in [0, 0.1) is 13.8 Å². The predicted molar refractivity (Wildman–Crippen MR) is 121 cm³/mol. The van der Waals surface area contributed by atoms with E-state index in [1.807, 2.05) is 18.2 Å². The number of hydrogen-bond acceptors (Lipinski definition) is 2. The van der Waals surface area contributed by atoms with E-state index >= 15 is 0 Å². The minimum absolute atomic E-state index is 0.230. The predicted octanol–water partition coefficient (Wildman–Crippen LogP) is 5.61. The molecule has 0 spiro atoms. The molecule has 0 atom stereocenters. The lowest BCUT2D eigenvalue weighted by atomic mass is 9.72. The maximum absolute atomic E-state index is 13.6. The second-order valence-corrected chi connectivity index (χ2v) is 7.96. The number of nitrogens with zero attached hydrogens (tertiary/aromatic N) is 2. The molecule has 0 unspecified atom stereocenters. The minimum Gasteiger partial charge on any atom is -0.434 e. The van der Waals surface area contributed by atoms with Crippen LogP contribution in [0.1, 0.15) is 36.4 Å². The van der Waals surface area contributed by atoms with Gasteiger partial charge in [0.1, 0.15) is 5.41 Å². The smallest absolute Gasteiger partial charge is 0.330 e. The van der Waals surface area contributed by atoms with E-state index in [9.17, 15) is 4.79 Å². The Morgan fingerprint density at radius 1 is 0.800 bits per heavy atom. The molecule has 0 fully saturated rings. The number of esters is 1. The molecular weight excluding hydrogens is 372 g/mol. The van der Waals surface area contributed by atoms with Crippen LogP contribution in [0.2, 0.25) is 0 Å². The Labute approximate surface area is 176 Å². The van der Waals surface area contributed by atoms with E-state index in [4.69, 9.17) is 4.74 Å². The van der Waals surface area contributed by atoms with E-state index in [-0.39, 0.29) is 5.97 Å². The van der Waals surface area contributed by atoms with Gasteiger partial charge in [0, 0.05) is 57.4 Å². The average molecular weight is 399 g/mol. The monoisotopic (exact) mass is 398 g/mol. The quantitative estimate of drug-likeness (QED) is 0.419. The van der Waals surface area contributed by atoms with Crippen LogP contribution < -0.4 is 0 Å². The molecule has 5 rings (SSSR count). The first-order chi connectivity index (χ1) is 14.6. The van der Waals surface area contributed by atoms with Crippen molar-refractivity contribution in [1.29, 1.82) is 0 Å². The van der Waals surface area contributed by atoms with Crippen LogP contribution in [0.3, 0.4) is 0 Å². The number of aromatic nitrogens is 2. The number of para-hydroxylation sites is 2. The number of benzene rings is 2. The van der Waals surface area contributed by atoms with Gasteiger partial charge in [0.25, 0.3) is 0 Å². The Kier molecular flexibility index (Phi) is 4.14. The Bertz CT molecular complexity index is 1250. The zero-order valence-electron chi connectivity index (χ0n) is 17.9. The lowest BCUT2D eigenvalue weighted by Gasteiger charge is -2.26. The van der Waals surface area contributed by atoms with Gasteiger partial charge in [-0.25, -0.2) is 4.79 Å². The number of fused-ring (bicyclic) bond motifs is 2. The Balaban J connectivity index is 1.98. The van der Waals surface area contributed by atoms with Gasteiger partial charge in [-0.05, 0) is 45.9 Å². The van der Waals surface area contributed by atoms with E-state index in [1.165, 1.54) is 0 Å². The Morgan fingerprint density at radius 2 is 1.27 bits per heavy atom. The lowest BCUT2D eigenvalue weighted by Crippen LogP contribution is -2.34. The highest BCUT2D eigenvalue weighted by atomic mass is 16.5. The molecule has 3 heterocycles. The second-order valence-electron chi connectivity index (χ2n) is 7.96. The topological polar surface area (TPSA) is 36.2 Å². The molecule has 4 nitrogen and oxygen atoms in total. The first-order valence-electron chi connectivity index (χ1n) is 10.6. The molecule has 0 aliphatic carbocycles. The Morgan fingerprint density at radius 3 is 1.67 bits per heavy atom. The van der Waals surface area contributed by atoms with Crippen LogP contribution in [-0.4, -0.2) is 15.1 Å². The van der Waals surface area contributed by atoms with Gasteiger partial charge in [0.05, 0.1) is 6.26 Å². The van der Waals surface area contributed by atoms with Crippen molar-refractivity contribution in [3.05, 3.63) is 83.4 Å². The summed E-state index contributed by atoms with van der Waals surface area (Å²) in [6.45, 7) is 10.2. The fourth-order valence-corrected chi connectivity index (χ4v) is 5.53. The molecule has 2 aromatic carbocycles. The summed E-state index contributed by atoms with van der Waals surface area (Å²) in [6, 6.07) is 16.7. The molecule has 0 N–H and O–H groups in total. The van der Waals surface area contributed by atoms with Crippen molar-refractivity contribution < 1.29 is 9.53 Å². The summed E-state index contributed by atoms with van der Waals surface area (Å²) < 4.78 is 10.1. The van der Waals surface area contributed by atoms with Crippen molar-refractivity contribution in [1.82, 2.24) is 9.13 Å². The minimum atomic E-state index is -0.964. The van der Waals surface area contributed by atoms with E-state index in [1.54, 1.807) is 6.26 Å². The number of ether oxygens (including phenoxy) is 1. The summed E-state index contributed by atoms with van der Waals surface area (Å²) in [4.78, 5) is 13.6. The number of carbonyl (C=O) groups excluding carboxylic acids is 1. The molecule has 1 aliphatic rings. The molecular formula is C26H26N2O2. The molecule has 0 bridgehead atoms. The number of cyclic esters (lactones) is 1. The maximum Gasteiger partial charge on any atom is 0.330 e. The first kappa shape index (κ1) is 18.7. The summed E-state index contributed by atoms with van der Waals surface area (Å²) in [5.41, 5.74) is 5.61. The molecule has 0 amide bonds. The fourth-order valence-electron chi connectivity index (χ4n) is 5.53. The van der Waals surface area contributed by atoms with Crippen LogP contribution in [0.4, 0.5) is 0 Å². The molecule has 4 aromatic rings. The van der Waals surface area contributed by atoms with Gasteiger partial charge in [-0.2, -0.15) is 0 Å². The highest BCUT2D eigenvalue weighted by Crippen LogP contribution is 2.48. The van der Waals surface area contributed by atoms with Crippen LogP contribution in [0.5, 0.6) is 0 Å². The molecule has 2 aromatic heterocycles. The number of rotatable bonds is 4. The molecule has 0 saturated carbocycles. The van der Waals surface area contributed by atoms with Gasteiger partial charge < -0.3 is 13.9 Å². The van der Waals surface area contributed by atoms with Crippen LogP contribution in [0.25, 0.3) is 21.8 Å². The fraction of sp³-hybridized carbons (Fsp3) is 0.269. The molecule has 4 heteroatoms. The van der Waals surface area contributed by atoms with Gasteiger partial charge in [0.2, 0.25) is 0 Å². The summed E-state index contributed by atoms with van der Waals surface area (Å²) in [5.74, 6) is -0.230. The van der Waals surface area contributed by atoms with Crippen molar-refractivity contribution in [2.24, 2.45) is 0 Å². The van der Waals surface area contributed by atoms with Gasteiger partial charge in [-0.1, -0.05) is 36.4 Å². The first-order valence-corrected chi connectivity index (χ1v) is 10.6. The standard InChI is InChI=1S/C26H26N2O2/c1-5-27-17(3)23(19-11-7-9-13-21(19)27)26(15-16-30-25(26)29)24-18(4)28(6-2)22-14-10-8-12-20(22)24/h7-16H,5-6H2,1-4H3. The maximum atomic E-state index is 13.6. The number of carbonyl (C=O) groups is 1. The van der Waals surface area contributed by atoms with Crippen molar-refractivity contribution in [3.63, 3.8) is 0 Å². The summed E-state index contributed by atoms with van der Waals surface area (Å²) in [5, 5.41) is 2.21. The van der Waals surface area contributed by atoms with Crippen LogP contribution >= 0.6 is 0 Å². The van der Waals surface area contributed by atoms with E-state index < -0.39 is 5.41 Å². The summed E-state index contributed by atoms with van der Waals surface area (Å²) in [7, 11) is 0. The van der Waals surface area contributed by atoms with E-state index in [0.29, 0.717) is 0 Å². The highest BCUT2D eigenvalue weighted by Gasteiger charge is 2.50. The summed E-state index contributed by atoms with van der Waals surface area (Å²) in [6.07, 6.45) is 3.52. The van der Waals surface area contributed by atoms with Crippen LogP contribution in [0.15, 0.2) is 60.9 Å². The second kappa shape index (κ2) is 6.63. The molecule has 0 radical (unpaired) electrons. The third-order valence-electron chi connectivity index (χ3n) is 6.70. The van der Waals surface area contributed by atoms with Crippen molar-refractivity contribution in [2.75, 3.05) is 0 Å². The Hall–Kier alpha value is -3.27. The van der Waals surface area contributed by atoms with E-state index in [0.717, 1.165) is 57.4 Å². The van der Waals surface area contributed by atoms with Crippen LogP contribution in [-0.2, 0) is 28.0 Å². The van der Waals surface area contributed by atoms with Gasteiger partial charge >= 0.3 is 5.97 Å². The molecule has 30 heavy (non-hydrogen) atoms. The highest BCUT2D eigenvalue weighted by molar-refractivity contribution is 6.04. The van der Waals surface area contributed by atoms with E-state index in [2.05, 4.69) is 73.2 Å². The molecule has 1 aliphatic heterocycles. The SMILES string of the molecule is CCn1c(C)c(C2(c3c(C)n(CC)c4ccccc34)C=COC2=O)c2ccccc21. The normalized spacial score (nSPS) is 15.4. The number of aryl methyl sites for hydroxylation is 2. The zero-order valence-corrected chi connectivity index (χ0v) is 17.9. The van der Waals surface area contributed by atoms with Crippen molar-refractivity contribution >= 4 is 27.8 Å². The molecule has 152 valence electrons. The third kappa shape index (κ3) is 2.19. The number of hydrogen-bond donors (Lipinski definition) is 0. The lowest BCUT2D eigenvalue weighted by molar-refractivity contribution is -0.139. The van der Waals surface area contributed by atoms with Gasteiger partial charge in [0.15, 0.2) is 0 Å². The van der Waals surface area contributed by atoms with Gasteiger partial charge in [-0.15, -0.1) is 0 Å². The largest absolute Gasteiger partial charge is 0.434 e. The average Bonchev–Trinajstić information content (AvgIpc) is 3.36. The third-order valence-corrected chi connectivity index (χ3v) is 6.70.